The van der Waals surface area contributed by atoms with Crippen LogP contribution in [0.25, 0.3) is 11.0 Å². The van der Waals surface area contributed by atoms with Crippen molar-refractivity contribution >= 4 is 22.6 Å². The van der Waals surface area contributed by atoms with Crippen LogP contribution in [0.2, 0.25) is 5.02 Å². The van der Waals surface area contributed by atoms with E-state index in [1.807, 2.05) is 6.07 Å². The zero-order valence-corrected chi connectivity index (χ0v) is 7.51. The first-order chi connectivity index (χ1) is 6.31. The van der Waals surface area contributed by atoms with E-state index in [2.05, 4.69) is 5.48 Å². The minimum absolute atomic E-state index is 0.355. The summed E-state index contributed by atoms with van der Waals surface area (Å²) in [7, 11) is 0. The van der Waals surface area contributed by atoms with Gasteiger partial charge in [0.1, 0.15) is 5.58 Å². The van der Waals surface area contributed by atoms with E-state index in [-0.39, 0.29) is 0 Å². The van der Waals surface area contributed by atoms with Crippen LogP contribution in [0.15, 0.2) is 28.9 Å². The highest BCUT2D eigenvalue weighted by Crippen LogP contribution is 2.24. The maximum atomic E-state index is 8.54. The van der Waals surface area contributed by atoms with E-state index in [0.29, 0.717) is 11.6 Å². The highest BCUT2D eigenvalue weighted by Gasteiger charge is 2.04. The molecule has 0 radical (unpaired) electrons. The molecule has 0 amide bonds. The Morgan fingerprint density at radius 1 is 1.46 bits per heavy atom. The molecule has 2 N–H and O–H groups in total. The van der Waals surface area contributed by atoms with Gasteiger partial charge in [-0.3, -0.25) is 0 Å². The van der Waals surface area contributed by atoms with Crippen LogP contribution in [0.4, 0.5) is 0 Å². The summed E-state index contributed by atoms with van der Waals surface area (Å²) in [5, 5.41) is 10.1. The van der Waals surface area contributed by atoms with E-state index in [0.717, 1.165) is 16.5 Å². The van der Waals surface area contributed by atoms with E-state index in [4.69, 9.17) is 21.2 Å². The van der Waals surface area contributed by atoms with Crippen molar-refractivity contribution in [2.75, 3.05) is 0 Å². The van der Waals surface area contributed by atoms with E-state index in [9.17, 15) is 0 Å². The molecule has 2 rings (SSSR count). The Morgan fingerprint density at radius 3 is 3.08 bits per heavy atom. The highest BCUT2D eigenvalue weighted by atomic mass is 35.5. The smallest absolute Gasteiger partial charge is 0.134 e. The van der Waals surface area contributed by atoms with Crippen molar-refractivity contribution in [1.82, 2.24) is 5.48 Å². The Kier molecular flexibility index (Phi) is 2.22. The molecule has 0 bridgehead atoms. The maximum Gasteiger partial charge on any atom is 0.134 e. The fourth-order valence-electron chi connectivity index (χ4n) is 1.28. The number of nitrogens with one attached hydrogen (secondary N) is 1. The number of benzene rings is 1. The van der Waals surface area contributed by atoms with Crippen molar-refractivity contribution in [1.29, 1.82) is 0 Å². The van der Waals surface area contributed by atoms with Gasteiger partial charge in [-0.05, 0) is 18.2 Å². The van der Waals surface area contributed by atoms with Gasteiger partial charge in [-0.15, -0.1) is 0 Å². The summed E-state index contributed by atoms with van der Waals surface area (Å²) in [6.07, 6.45) is 1.60. The second kappa shape index (κ2) is 3.38. The molecule has 13 heavy (non-hydrogen) atoms. The Bertz CT molecular complexity index is 424. The molecule has 0 aliphatic heterocycles. The predicted octanol–water partition coefficient (Wildman–Crippen LogP) is 2.57. The first-order valence-corrected chi connectivity index (χ1v) is 4.21. The Morgan fingerprint density at radius 2 is 2.31 bits per heavy atom. The number of hydrogen-bond acceptors (Lipinski definition) is 3. The highest BCUT2D eigenvalue weighted by molar-refractivity contribution is 6.31. The molecule has 0 saturated heterocycles. The zero-order valence-electron chi connectivity index (χ0n) is 6.75. The Balaban J connectivity index is 2.58. The Labute approximate surface area is 79.9 Å². The van der Waals surface area contributed by atoms with Crippen LogP contribution >= 0.6 is 11.6 Å². The molecule has 0 fully saturated rings. The van der Waals surface area contributed by atoms with Crippen molar-refractivity contribution in [3.63, 3.8) is 0 Å². The maximum absolute atomic E-state index is 8.54. The van der Waals surface area contributed by atoms with Gasteiger partial charge in [0.2, 0.25) is 0 Å². The summed E-state index contributed by atoms with van der Waals surface area (Å²) in [6, 6.07) is 5.38. The summed E-state index contributed by atoms with van der Waals surface area (Å²) >= 11 is 5.82. The lowest BCUT2D eigenvalue weighted by Crippen LogP contribution is -2.04. The summed E-state index contributed by atoms with van der Waals surface area (Å²) < 4.78 is 5.25. The number of halogens is 1. The van der Waals surface area contributed by atoms with Crippen LogP contribution in [-0.2, 0) is 6.54 Å². The van der Waals surface area contributed by atoms with E-state index in [1.54, 1.807) is 18.4 Å². The van der Waals surface area contributed by atoms with Gasteiger partial charge in [0.05, 0.1) is 6.26 Å². The van der Waals surface area contributed by atoms with Gasteiger partial charge in [0.15, 0.2) is 0 Å². The molecule has 1 aromatic heterocycles. The van der Waals surface area contributed by atoms with Gasteiger partial charge >= 0.3 is 0 Å². The van der Waals surface area contributed by atoms with Crippen LogP contribution < -0.4 is 5.48 Å². The fraction of sp³-hybridized carbons (Fsp3) is 0.111. The lowest BCUT2D eigenvalue weighted by molar-refractivity contribution is 0.161. The van der Waals surface area contributed by atoms with Crippen LogP contribution in [0.5, 0.6) is 0 Å². The van der Waals surface area contributed by atoms with E-state index in [1.165, 1.54) is 0 Å². The molecule has 1 heterocycles. The average molecular weight is 198 g/mol. The number of rotatable bonds is 2. The Hall–Kier alpha value is -1.03. The van der Waals surface area contributed by atoms with Gasteiger partial charge in [-0.1, -0.05) is 11.6 Å². The molecule has 0 spiro atoms. The standard InChI is InChI=1S/C9H8ClNO2/c10-7-1-2-9-8(3-7)6(4-11-12)5-13-9/h1-3,5,11-12H,4H2. The predicted molar refractivity (Wildman–Crippen MR) is 49.9 cm³/mol. The SMILES string of the molecule is ONCc1coc2ccc(Cl)cc12. The molecule has 68 valence electrons. The van der Waals surface area contributed by atoms with E-state index >= 15 is 0 Å². The summed E-state index contributed by atoms with van der Waals surface area (Å²) in [5.74, 6) is 0. The van der Waals surface area contributed by atoms with Crippen molar-refractivity contribution in [3.05, 3.63) is 35.0 Å². The van der Waals surface area contributed by atoms with Crippen molar-refractivity contribution in [2.45, 2.75) is 6.54 Å². The number of fused-ring (bicyclic) bond motifs is 1. The molecule has 0 aliphatic carbocycles. The number of hydrogen-bond donors (Lipinski definition) is 2. The van der Waals surface area contributed by atoms with Gasteiger partial charge in [0.25, 0.3) is 0 Å². The van der Waals surface area contributed by atoms with Crippen molar-refractivity contribution in [2.24, 2.45) is 0 Å². The lowest BCUT2D eigenvalue weighted by atomic mass is 10.2. The van der Waals surface area contributed by atoms with Gasteiger partial charge in [-0.25, -0.2) is 5.48 Å². The minimum atomic E-state index is 0.355. The summed E-state index contributed by atoms with van der Waals surface area (Å²) in [5.41, 5.74) is 3.74. The molecule has 0 aliphatic rings. The third-order valence-electron chi connectivity index (χ3n) is 1.89. The normalized spacial score (nSPS) is 10.9. The first-order valence-electron chi connectivity index (χ1n) is 3.84. The number of furan rings is 1. The van der Waals surface area contributed by atoms with E-state index < -0.39 is 0 Å². The van der Waals surface area contributed by atoms with Gasteiger partial charge in [-0.2, -0.15) is 0 Å². The quantitative estimate of drug-likeness (QED) is 0.728. The molecule has 4 heteroatoms. The number of hydroxylamine groups is 1. The topological polar surface area (TPSA) is 45.4 Å². The van der Waals surface area contributed by atoms with Gasteiger partial charge in [0, 0.05) is 22.5 Å². The molecule has 3 nitrogen and oxygen atoms in total. The van der Waals surface area contributed by atoms with Crippen LogP contribution in [0, 0.1) is 0 Å². The molecule has 0 unspecified atom stereocenters. The molecular weight excluding hydrogens is 190 g/mol. The van der Waals surface area contributed by atoms with Crippen molar-refractivity contribution in [3.8, 4) is 0 Å². The van der Waals surface area contributed by atoms with Gasteiger partial charge < -0.3 is 9.62 Å². The van der Waals surface area contributed by atoms with Crippen LogP contribution in [0.3, 0.4) is 0 Å². The molecular formula is C9H8ClNO2. The summed E-state index contributed by atoms with van der Waals surface area (Å²) in [6.45, 7) is 0.355. The van der Waals surface area contributed by atoms with Crippen molar-refractivity contribution < 1.29 is 9.62 Å². The second-order valence-corrected chi connectivity index (χ2v) is 3.17. The minimum Gasteiger partial charge on any atom is -0.464 e. The average Bonchev–Trinajstić information content (AvgIpc) is 2.49. The first kappa shape index (κ1) is 8.56. The zero-order chi connectivity index (χ0) is 9.26. The third-order valence-corrected chi connectivity index (χ3v) is 2.12. The monoisotopic (exact) mass is 197 g/mol. The fourth-order valence-corrected chi connectivity index (χ4v) is 1.45. The molecule has 1 aromatic carbocycles. The largest absolute Gasteiger partial charge is 0.464 e. The molecule has 0 saturated carbocycles. The molecule has 2 aromatic rings. The van der Waals surface area contributed by atoms with Crippen LogP contribution in [-0.4, -0.2) is 5.21 Å². The molecule has 0 atom stereocenters. The van der Waals surface area contributed by atoms with Crippen LogP contribution in [0.1, 0.15) is 5.56 Å². The summed E-state index contributed by atoms with van der Waals surface area (Å²) in [4.78, 5) is 0. The third kappa shape index (κ3) is 1.54. The second-order valence-electron chi connectivity index (χ2n) is 2.74. The lowest BCUT2D eigenvalue weighted by Gasteiger charge is -1.94.